The Morgan fingerprint density at radius 1 is 1.00 bits per heavy atom. The summed E-state index contributed by atoms with van der Waals surface area (Å²) in [6.07, 6.45) is 0.816. The minimum absolute atomic E-state index is 0.0631. The molecule has 0 aliphatic carbocycles. The van der Waals surface area contributed by atoms with E-state index < -0.39 is 35.6 Å². The number of likely N-dealkylation sites (tertiary alicyclic amines) is 2. The van der Waals surface area contributed by atoms with Gasteiger partial charge in [-0.25, -0.2) is 23.4 Å². The molecule has 2 aliphatic rings. The predicted molar refractivity (Wildman–Crippen MR) is 169 cm³/mol. The van der Waals surface area contributed by atoms with Crippen molar-refractivity contribution < 1.29 is 37.4 Å². The molecule has 0 bridgehead atoms. The fourth-order valence-corrected chi connectivity index (χ4v) is 5.64. The zero-order valence-electron chi connectivity index (χ0n) is 27.6. The topological polar surface area (TPSA) is 110 Å². The first-order valence-electron chi connectivity index (χ1n) is 16.0. The van der Waals surface area contributed by atoms with Crippen molar-refractivity contribution in [3.05, 3.63) is 47.9 Å². The predicted octanol–water partition coefficient (Wildman–Crippen LogP) is 5.92. The number of ether oxygens (including phenoxy) is 3. The fourth-order valence-electron chi connectivity index (χ4n) is 5.64. The molecule has 3 atom stereocenters. The zero-order chi connectivity index (χ0) is 33.6. The minimum atomic E-state index is -1.13. The van der Waals surface area contributed by atoms with Gasteiger partial charge in [-0.05, 0) is 90.0 Å². The van der Waals surface area contributed by atoms with E-state index in [2.05, 4.69) is 10.3 Å². The molecule has 12 heteroatoms. The van der Waals surface area contributed by atoms with Crippen molar-refractivity contribution in [2.24, 2.45) is 5.92 Å². The van der Waals surface area contributed by atoms with Crippen molar-refractivity contribution >= 4 is 18.1 Å². The summed E-state index contributed by atoms with van der Waals surface area (Å²) in [5, 5.41) is 2.56. The van der Waals surface area contributed by atoms with Crippen LogP contribution >= 0.6 is 0 Å². The van der Waals surface area contributed by atoms with Gasteiger partial charge in [-0.15, -0.1) is 0 Å². The molecule has 252 valence electrons. The summed E-state index contributed by atoms with van der Waals surface area (Å²) in [6.45, 7) is 12.1. The van der Waals surface area contributed by atoms with Crippen LogP contribution in [0.25, 0.3) is 11.1 Å². The average molecular weight is 645 g/mol. The summed E-state index contributed by atoms with van der Waals surface area (Å²) < 4.78 is 45.9. The van der Waals surface area contributed by atoms with E-state index in [0.717, 1.165) is 12.8 Å². The molecule has 1 aromatic heterocycles. The molecule has 3 heterocycles. The van der Waals surface area contributed by atoms with Crippen LogP contribution in [-0.4, -0.2) is 89.1 Å². The minimum Gasteiger partial charge on any atom is -0.474 e. The number of hydrogen-bond acceptors (Lipinski definition) is 7. The Bertz CT molecular complexity index is 1360. The zero-order valence-corrected chi connectivity index (χ0v) is 27.6. The lowest BCUT2D eigenvalue weighted by molar-refractivity contribution is -0.132. The van der Waals surface area contributed by atoms with Gasteiger partial charge < -0.3 is 29.3 Å². The second-order valence-electron chi connectivity index (χ2n) is 13.3. The van der Waals surface area contributed by atoms with E-state index >= 15 is 4.39 Å². The third-order valence-electron chi connectivity index (χ3n) is 8.08. The number of nitrogens with one attached hydrogen (secondary N) is 1. The Morgan fingerprint density at radius 2 is 1.67 bits per heavy atom. The first-order valence-corrected chi connectivity index (χ1v) is 16.0. The van der Waals surface area contributed by atoms with Crippen LogP contribution < -0.4 is 10.1 Å². The number of halogens is 2. The Balaban J connectivity index is 1.37. The number of aromatic nitrogens is 1. The third kappa shape index (κ3) is 9.77. The van der Waals surface area contributed by atoms with Crippen molar-refractivity contribution in [3.63, 3.8) is 0 Å². The van der Waals surface area contributed by atoms with Gasteiger partial charge in [0.1, 0.15) is 29.7 Å². The van der Waals surface area contributed by atoms with Crippen LogP contribution in [0.4, 0.5) is 18.4 Å². The van der Waals surface area contributed by atoms with E-state index in [0.29, 0.717) is 30.1 Å². The molecule has 0 spiro atoms. The van der Waals surface area contributed by atoms with Crippen LogP contribution in [0.3, 0.4) is 0 Å². The first-order chi connectivity index (χ1) is 21.7. The molecule has 2 fully saturated rings. The number of benzene rings is 1. The highest BCUT2D eigenvalue weighted by Crippen LogP contribution is 2.27. The van der Waals surface area contributed by atoms with Gasteiger partial charge in [0.25, 0.3) is 0 Å². The van der Waals surface area contributed by atoms with Gasteiger partial charge in [-0.1, -0.05) is 12.1 Å². The van der Waals surface area contributed by atoms with Crippen LogP contribution in [0.2, 0.25) is 0 Å². The summed E-state index contributed by atoms with van der Waals surface area (Å²) >= 11 is 0. The average Bonchev–Trinajstić information content (AvgIpc) is 3.42. The molecule has 10 nitrogen and oxygen atoms in total. The summed E-state index contributed by atoms with van der Waals surface area (Å²) in [7, 11) is 0. The van der Waals surface area contributed by atoms with Crippen LogP contribution in [0.5, 0.6) is 5.88 Å². The Hall–Kier alpha value is -3.96. The number of alkyl carbamates (subject to hydrolysis) is 1. The van der Waals surface area contributed by atoms with Gasteiger partial charge >= 0.3 is 12.2 Å². The molecular formula is C34H46F2N4O6. The van der Waals surface area contributed by atoms with Crippen LogP contribution in [-0.2, 0) is 20.7 Å². The second-order valence-corrected chi connectivity index (χ2v) is 13.3. The van der Waals surface area contributed by atoms with E-state index in [1.54, 1.807) is 56.1 Å². The monoisotopic (exact) mass is 644 g/mol. The van der Waals surface area contributed by atoms with Gasteiger partial charge in [0.2, 0.25) is 11.8 Å². The molecule has 2 aliphatic heterocycles. The molecule has 0 saturated carbocycles. The van der Waals surface area contributed by atoms with Gasteiger partial charge in [0.05, 0.1) is 12.6 Å². The molecule has 1 N–H and O–H groups in total. The number of carbonyl (C=O) groups is 3. The van der Waals surface area contributed by atoms with E-state index in [-0.39, 0.29) is 55.7 Å². The van der Waals surface area contributed by atoms with Crippen molar-refractivity contribution in [1.82, 2.24) is 20.1 Å². The number of amides is 3. The van der Waals surface area contributed by atoms with Crippen molar-refractivity contribution in [2.45, 2.75) is 97.2 Å². The van der Waals surface area contributed by atoms with E-state index in [9.17, 15) is 18.8 Å². The maximum atomic E-state index is 15.4. The lowest BCUT2D eigenvalue weighted by Crippen LogP contribution is -2.50. The molecular weight excluding hydrogens is 598 g/mol. The van der Waals surface area contributed by atoms with Crippen LogP contribution in [0.1, 0.15) is 66.4 Å². The number of piperidine rings is 1. The fraction of sp³-hybridized carbons (Fsp3) is 0.588. The second kappa shape index (κ2) is 15.1. The molecule has 2 aromatic rings. The summed E-state index contributed by atoms with van der Waals surface area (Å²) in [5.74, 6) is -0.330. The number of alkyl halides is 1. The van der Waals surface area contributed by atoms with Crippen LogP contribution in [0.15, 0.2) is 36.5 Å². The lowest BCUT2D eigenvalue weighted by Gasteiger charge is -2.34. The highest BCUT2D eigenvalue weighted by molar-refractivity contribution is 5.86. The smallest absolute Gasteiger partial charge is 0.410 e. The Labute approximate surface area is 269 Å². The van der Waals surface area contributed by atoms with Crippen molar-refractivity contribution in [3.8, 4) is 17.0 Å². The molecule has 4 rings (SSSR count). The lowest BCUT2D eigenvalue weighted by atomic mass is 9.92. The molecule has 2 saturated heterocycles. The SMILES string of the molecule is CC(C)OC(=O)N1CCC([C@H](C)Oc2ccc(-c3ccc(CC(NC(=O)OC(C)(C)C)C(=O)N4CC[C@H](F)C4)c(F)c3)cn2)CC1. The van der Waals surface area contributed by atoms with Crippen molar-refractivity contribution in [1.29, 1.82) is 0 Å². The maximum absolute atomic E-state index is 15.4. The van der Waals surface area contributed by atoms with E-state index in [1.807, 2.05) is 20.8 Å². The molecule has 0 radical (unpaired) electrons. The van der Waals surface area contributed by atoms with Gasteiger partial charge in [-0.3, -0.25) is 4.79 Å². The number of carbonyl (C=O) groups excluding carboxylic acids is 3. The quantitative estimate of drug-likeness (QED) is 0.361. The first kappa shape index (κ1) is 34.9. The summed E-state index contributed by atoms with van der Waals surface area (Å²) in [5.41, 5.74) is 0.682. The van der Waals surface area contributed by atoms with Gasteiger partial charge in [-0.2, -0.15) is 0 Å². The van der Waals surface area contributed by atoms with Gasteiger partial charge in [0, 0.05) is 43.9 Å². The van der Waals surface area contributed by atoms with E-state index in [1.165, 1.54) is 11.0 Å². The number of pyridine rings is 1. The van der Waals surface area contributed by atoms with Crippen molar-refractivity contribution in [2.75, 3.05) is 26.2 Å². The Morgan fingerprint density at radius 3 is 2.24 bits per heavy atom. The number of nitrogens with zero attached hydrogens (tertiary/aromatic N) is 3. The summed E-state index contributed by atoms with van der Waals surface area (Å²) in [4.78, 5) is 45.4. The highest BCUT2D eigenvalue weighted by Gasteiger charge is 2.33. The number of rotatable bonds is 9. The highest BCUT2D eigenvalue weighted by atomic mass is 19.1. The normalized spacial score (nSPS) is 18.7. The van der Waals surface area contributed by atoms with E-state index in [4.69, 9.17) is 14.2 Å². The third-order valence-corrected chi connectivity index (χ3v) is 8.08. The van der Waals surface area contributed by atoms with Crippen LogP contribution in [0, 0.1) is 11.7 Å². The standard InChI is InChI=1S/C34H46F2N4O6/c1-21(2)44-33(43)39-14-11-23(12-15-39)22(3)45-30-10-9-26(19-37-30)24-7-8-25(28(36)17-24)18-29(38-32(42)46-34(4,5)6)31(41)40-16-13-27(35)20-40/h7-10,17,19,21-23,27,29H,11-16,18,20H2,1-6H3,(H,38,42)/t22-,27-,29?/m0/s1. The largest absolute Gasteiger partial charge is 0.474 e. The molecule has 1 unspecified atom stereocenters. The maximum Gasteiger partial charge on any atom is 0.410 e. The molecule has 46 heavy (non-hydrogen) atoms. The molecule has 1 aromatic carbocycles. The Kier molecular flexibility index (Phi) is 11.4. The molecule has 3 amide bonds. The summed E-state index contributed by atoms with van der Waals surface area (Å²) in [6, 6.07) is 7.06. The van der Waals surface area contributed by atoms with Gasteiger partial charge in [0.15, 0.2) is 0 Å². The number of hydrogen-bond donors (Lipinski definition) is 1.